The highest BCUT2D eigenvalue weighted by molar-refractivity contribution is 4.76. The van der Waals surface area contributed by atoms with Gasteiger partial charge in [-0.25, -0.2) is 0 Å². The van der Waals surface area contributed by atoms with Crippen LogP contribution in [0.2, 0.25) is 0 Å². The summed E-state index contributed by atoms with van der Waals surface area (Å²) in [6.07, 6.45) is 5.96. The van der Waals surface area contributed by atoms with Crippen molar-refractivity contribution in [3.8, 4) is 0 Å². The van der Waals surface area contributed by atoms with Crippen molar-refractivity contribution in [3.63, 3.8) is 0 Å². The maximum atomic E-state index is 9.51. The minimum Gasteiger partial charge on any atom is -0.393 e. The van der Waals surface area contributed by atoms with Gasteiger partial charge in [-0.1, -0.05) is 26.7 Å². The summed E-state index contributed by atoms with van der Waals surface area (Å²) in [5.74, 6) is 1.61. The topological polar surface area (TPSA) is 20.2 Å². The van der Waals surface area contributed by atoms with Crippen molar-refractivity contribution in [1.82, 2.24) is 0 Å². The summed E-state index contributed by atoms with van der Waals surface area (Å²) in [6, 6.07) is 0. The van der Waals surface area contributed by atoms with Crippen LogP contribution in [0.4, 0.5) is 0 Å². The van der Waals surface area contributed by atoms with Crippen LogP contribution in [0.3, 0.4) is 0 Å². The van der Waals surface area contributed by atoms with Crippen molar-refractivity contribution in [2.45, 2.75) is 52.1 Å². The van der Waals surface area contributed by atoms with Gasteiger partial charge in [-0.05, 0) is 31.1 Å². The minimum absolute atomic E-state index is 0.00935. The van der Waals surface area contributed by atoms with Gasteiger partial charge >= 0.3 is 0 Å². The van der Waals surface area contributed by atoms with Crippen LogP contribution in [0.15, 0.2) is 0 Å². The Balaban J connectivity index is 1.95. The molecule has 1 aliphatic carbocycles. The van der Waals surface area contributed by atoms with Gasteiger partial charge in [0.25, 0.3) is 0 Å². The van der Waals surface area contributed by atoms with Gasteiger partial charge in [-0.15, -0.1) is 0 Å². The van der Waals surface area contributed by atoms with E-state index in [-0.39, 0.29) is 6.10 Å². The molecule has 0 amide bonds. The molecule has 0 radical (unpaired) electrons. The number of aliphatic hydroxyl groups excluding tert-OH is 1. The number of aliphatic hydroxyl groups is 1. The first-order valence-corrected chi connectivity index (χ1v) is 4.86. The largest absolute Gasteiger partial charge is 0.393 e. The summed E-state index contributed by atoms with van der Waals surface area (Å²) < 4.78 is 0. The molecule has 0 aromatic rings. The van der Waals surface area contributed by atoms with Gasteiger partial charge in [-0.3, -0.25) is 0 Å². The van der Waals surface area contributed by atoms with E-state index in [1.165, 1.54) is 19.3 Å². The van der Waals surface area contributed by atoms with Gasteiger partial charge in [0.15, 0.2) is 0 Å². The molecule has 0 saturated heterocycles. The van der Waals surface area contributed by atoms with Crippen LogP contribution in [0, 0.1) is 11.8 Å². The van der Waals surface area contributed by atoms with Crippen molar-refractivity contribution in [2.24, 2.45) is 11.8 Å². The molecule has 0 bridgehead atoms. The van der Waals surface area contributed by atoms with Crippen LogP contribution in [0.5, 0.6) is 0 Å². The molecule has 0 aromatic carbocycles. The fourth-order valence-electron chi connectivity index (χ4n) is 1.38. The van der Waals surface area contributed by atoms with E-state index in [2.05, 4.69) is 13.8 Å². The molecule has 1 fully saturated rings. The lowest BCUT2D eigenvalue weighted by Crippen LogP contribution is -2.08. The van der Waals surface area contributed by atoms with E-state index >= 15 is 0 Å². The Labute approximate surface area is 69.8 Å². The summed E-state index contributed by atoms with van der Waals surface area (Å²) >= 11 is 0. The highest BCUT2D eigenvalue weighted by atomic mass is 16.3. The first-order valence-electron chi connectivity index (χ1n) is 4.86. The van der Waals surface area contributed by atoms with Crippen LogP contribution < -0.4 is 0 Å². The fourth-order valence-corrected chi connectivity index (χ4v) is 1.38. The first-order chi connectivity index (χ1) is 5.18. The molecule has 0 spiro atoms. The minimum atomic E-state index is -0.00935. The quantitative estimate of drug-likeness (QED) is 0.648. The molecule has 1 atom stereocenters. The molecule has 0 aromatic heterocycles. The molecular formula is C10H20O. The lowest BCUT2D eigenvalue weighted by atomic mass is 10.0. The van der Waals surface area contributed by atoms with Crippen molar-refractivity contribution < 1.29 is 5.11 Å². The number of hydrogen-bond donors (Lipinski definition) is 1. The number of rotatable bonds is 5. The van der Waals surface area contributed by atoms with Crippen LogP contribution in [0.1, 0.15) is 46.0 Å². The highest BCUT2D eigenvalue weighted by Gasteiger charge is 2.24. The van der Waals surface area contributed by atoms with Gasteiger partial charge in [0.2, 0.25) is 0 Å². The molecular weight excluding hydrogens is 136 g/mol. The maximum Gasteiger partial charge on any atom is 0.0543 e. The lowest BCUT2D eigenvalue weighted by Gasteiger charge is -2.10. The predicted molar refractivity (Wildman–Crippen MR) is 47.4 cm³/mol. The average molecular weight is 156 g/mol. The van der Waals surface area contributed by atoms with Crippen LogP contribution in [0.25, 0.3) is 0 Å². The maximum absolute atomic E-state index is 9.51. The van der Waals surface area contributed by atoms with Gasteiger partial charge < -0.3 is 5.11 Å². The smallest absolute Gasteiger partial charge is 0.0543 e. The summed E-state index contributed by atoms with van der Waals surface area (Å²) in [5, 5.41) is 9.51. The van der Waals surface area contributed by atoms with E-state index in [0.717, 1.165) is 24.7 Å². The molecule has 1 unspecified atom stereocenters. The third-order valence-corrected chi connectivity index (χ3v) is 2.38. The molecule has 1 saturated carbocycles. The Bertz CT molecular complexity index is 105. The molecule has 0 aliphatic heterocycles. The van der Waals surface area contributed by atoms with Crippen LogP contribution in [-0.2, 0) is 0 Å². The third-order valence-electron chi connectivity index (χ3n) is 2.38. The third kappa shape index (κ3) is 4.41. The second kappa shape index (κ2) is 4.10. The molecule has 1 rings (SSSR count). The lowest BCUT2D eigenvalue weighted by molar-refractivity contribution is 0.140. The number of hydrogen-bond acceptors (Lipinski definition) is 1. The van der Waals surface area contributed by atoms with Gasteiger partial charge in [0.05, 0.1) is 6.10 Å². The van der Waals surface area contributed by atoms with E-state index < -0.39 is 0 Å². The van der Waals surface area contributed by atoms with E-state index in [4.69, 9.17) is 0 Å². The standard InChI is InChI=1S/C10H20O/c1-8(2)3-6-10(11)7-9-4-5-9/h8-11H,3-7H2,1-2H3. The van der Waals surface area contributed by atoms with Crippen molar-refractivity contribution >= 4 is 0 Å². The van der Waals surface area contributed by atoms with Gasteiger partial charge in [0.1, 0.15) is 0 Å². The molecule has 1 aliphatic rings. The first kappa shape index (κ1) is 9.05. The van der Waals surface area contributed by atoms with E-state index in [1.54, 1.807) is 0 Å². The average Bonchev–Trinajstić information content (AvgIpc) is 2.67. The van der Waals surface area contributed by atoms with E-state index in [0.29, 0.717) is 0 Å². The second-order valence-corrected chi connectivity index (χ2v) is 4.30. The molecule has 11 heavy (non-hydrogen) atoms. The Morgan fingerprint density at radius 1 is 1.27 bits per heavy atom. The fraction of sp³-hybridized carbons (Fsp3) is 1.00. The van der Waals surface area contributed by atoms with E-state index in [1.807, 2.05) is 0 Å². The molecule has 66 valence electrons. The van der Waals surface area contributed by atoms with Crippen molar-refractivity contribution in [1.29, 1.82) is 0 Å². The summed E-state index contributed by atoms with van der Waals surface area (Å²) in [7, 11) is 0. The van der Waals surface area contributed by atoms with Crippen molar-refractivity contribution in [2.75, 3.05) is 0 Å². The molecule has 1 heteroatoms. The zero-order chi connectivity index (χ0) is 8.27. The zero-order valence-electron chi connectivity index (χ0n) is 7.71. The monoisotopic (exact) mass is 156 g/mol. The molecule has 1 N–H and O–H groups in total. The Morgan fingerprint density at radius 2 is 1.91 bits per heavy atom. The van der Waals surface area contributed by atoms with Gasteiger partial charge in [-0.2, -0.15) is 0 Å². The SMILES string of the molecule is CC(C)CCC(O)CC1CC1. The Kier molecular flexibility index (Phi) is 3.38. The summed E-state index contributed by atoms with van der Waals surface area (Å²) in [4.78, 5) is 0. The van der Waals surface area contributed by atoms with Crippen LogP contribution >= 0.6 is 0 Å². The zero-order valence-corrected chi connectivity index (χ0v) is 7.71. The van der Waals surface area contributed by atoms with E-state index in [9.17, 15) is 5.11 Å². The Morgan fingerprint density at radius 3 is 2.36 bits per heavy atom. The normalized spacial score (nSPS) is 20.7. The Hall–Kier alpha value is -0.0400. The summed E-state index contributed by atoms with van der Waals surface area (Å²) in [5.41, 5.74) is 0. The molecule has 1 nitrogen and oxygen atoms in total. The predicted octanol–water partition coefficient (Wildman–Crippen LogP) is 2.58. The van der Waals surface area contributed by atoms with Crippen LogP contribution in [-0.4, -0.2) is 11.2 Å². The van der Waals surface area contributed by atoms with Crippen molar-refractivity contribution in [3.05, 3.63) is 0 Å². The van der Waals surface area contributed by atoms with Gasteiger partial charge in [0, 0.05) is 0 Å². The molecule has 0 heterocycles. The summed E-state index contributed by atoms with van der Waals surface area (Å²) in [6.45, 7) is 4.42. The highest BCUT2D eigenvalue weighted by Crippen LogP contribution is 2.34. The second-order valence-electron chi connectivity index (χ2n) is 4.30.